The summed E-state index contributed by atoms with van der Waals surface area (Å²) in [5.41, 5.74) is 4.93. The molecule has 0 spiro atoms. The monoisotopic (exact) mass is 549 g/mol. The number of likely N-dealkylation sites (N-methyl/N-ethyl adjacent to an activating group) is 1. The third-order valence-corrected chi connectivity index (χ3v) is 8.47. The number of carbonyl (C=O) groups excluding carboxylic acids is 4. The van der Waals surface area contributed by atoms with E-state index in [2.05, 4.69) is 5.32 Å². The minimum atomic E-state index is -2.70. The first-order valence-electron chi connectivity index (χ1n) is 12.9. The number of nitrogens with two attached hydrogens (primary N) is 1. The van der Waals surface area contributed by atoms with E-state index < -0.39 is 58.7 Å². The van der Waals surface area contributed by atoms with E-state index in [0.717, 1.165) is 0 Å². The van der Waals surface area contributed by atoms with Crippen molar-refractivity contribution in [1.29, 1.82) is 0 Å². The lowest BCUT2D eigenvalue weighted by Gasteiger charge is -2.53. The minimum Gasteiger partial charge on any atom is -0.507 e. The van der Waals surface area contributed by atoms with E-state index >= 15 is 0 Å². The number of hydrogen-bond donors (Lipinski definition) is 6. The Morgan fingerprint density at radius 1 is 1.12 bits per heavy atom. The van der Waals surface area contributed by atoms with E-state index in [0.29, 0.717) is 22.4 Å². The number of Topliss-reactive ketones (excluding diaryl/α,β-unsaturated/α-hetero) is 2. The molecule has 11 nitrogen and oxygen atoms in total. The second-order valence-electron chi connectivity index (χ2n) is 11.0. The fraction of sp³-hybridized carbons (Fsp3) is 0.379. The van der Waals surface area contributed by atoms with Gasteiger partial charge in [0.2, 0.25) is 17.6 Å². The number of phenolic OH excluding ortho intramolecular Hbond substituents is 1. The van der Waals surface area contributed by atoms with Gasteiger partial charge < -0.3 is 36.4 Å². The Labute approximate surface area is 229 Å². The molecule has 0 heterocycles. The lowest BCUT2D eigenvalue weighted by molar-refractivity contribution is -0.184. The number of rotatable bonds is 4. The number of primary amides is 1. The Morgan fingerprint density at radius 2 is 1.82 bits per heavy atom. The smallest absolute Gasteiger partial charge is 0.230 e. The maximum Gasteiger partial charge on any atom is 0.230 e. The summed E-state index contributed by atoms with van der Waals surface area (Å²) in [5.74, 6) is -8.11. The molecule has 5 rings (SSSR count). The number of aliphatic hydroxyl groups is 3. The van der Waals surface area contributed by atoms with Gasteiger partial charge in [-0.05, 0) is 67.7 Å². The molecule has 2 fully saturated rings. The van der Waals surface area contributed by atoms with Gasteiger partial charge in [-0.1, -0.05) is 18.2 Å². The molecule has 0 aliphatic heterocycles. The largest absolute Gasteiger partial charge is 0.507 e. The van der Waals surface area contributed by atoms with Crippen LogP contribution in [0, 0.1) is 17.8 Å². The van der Waals surface area contributed by atoms with Crippen LogP contribution in [0.2, 0.25) is 0 Å². The third-order valence-electron chi connectivity index (χ3n) is 8.47. The number of hydrogen-bond acceptors (Lipinski definition) is 9. The number of benzene rings is 2. The molecule has 2 saturated carbocycles. The van der Waals surface area contributed by atoms with E-state index in [-0.39, 0.29) is 35.6 Å². The molecular formula is C29H31N3O8. The van der Waals surface area contributed by atoms with E-state index in [1.54, 1.807) is 49.3 Å². The molecule has 0 saturated heterocycles. The van der Waals surface area contributed by atoms with Crippen molar-refractivity contribution in [3.8, 4) is 16.9 Å². The van der Waals surface area contributed by atoms with Crippen molar-refractivity contribution in [3.05, 3.63) is 53.1 Å². The Kier molecular flexibility index (Phi) is 6.56. The SMILES string of the molecule is CC(=O)Nc1cccc(-c2ccc(O)c3c2C[C@@H]2C[C@@H]4[C@@H](N(C)C)C(O)C(C(N)=O)C(=O)[C@]4(O)C(=O)C2=C3O)c1. The molecule has 7 N–H and O–H groups in total. The first kappa shape index (κ1) is 27.5. The molecule has 2 aromatic rings. The molecule has 2 amide bonds. The average molecular weight is 550 g/mol. The number of anilines is 1. The molecule has 0 bridgehead atoms. The Bertz CT molecular complexity index is 1500. The quantitative estimate of drug-likeness (QED) is 0.299. The van der Waals surface area contributed by atoms with E-state index in [4.69, 9.17) is 5.73 Å². The lowest BCUT2D eigenvalue weighted by Crippen LogP contribution is -2.73. The summed E-state index contributed by atoms with van der Waals surface area (Å²) in [7, 11) is 3.20. The van der Waals surface area contributed by atoms with Crippen molar-refractivity contribution in [2.24, 2.45) is 23.5 Å². The second kappa shape index (κ2) is 9.54. The van der Waals surface area contributed by atoms with Gasteiger partial charge in [-0.3, -0.25) is 19.2 Å². The second-order valence-corrected chi connectivity index (χ2v) is 11.0. The minimum absolute atomic E-state index is 0.00276. The van der Waals surface area contributed by atoms with Crippen LogP contribution in [0.4, 0.5) is 5.69 Å². The third kappa shape index (κ3) is 3.92. The van der Waals surface area contributed by atoms with Crippen LogP contribution in [0.25, 0.3) is 16.9 Å². The van der Waals surface area contributed by atoms with Gasteiger partial charge >= 0.3 is 0 Å². The van der Waals surface area contributed by atoms with Crippen LogP contribution in [0.5, 0.6) is 5.75 Å². The molecule has 6 atom stereocenters. The molecule has 3 aliphatic carbocycles. The highest BCUT2D eigenvalue weighted by atomic mass is 16.3. The molecule has 40 heavy (non-hydrogen) atoms. The van der Waals surface area contributed by atoms with Crippen molar-refractivity contribution in [1.82, 2.24) is 4.90 Å². The first-order chi connectivity index (χ1) is 18.8. The number of amides is 2. The van der Waals surface area contributed by atoms with Crippen molar-refractivity contribution in [2.45, 2.75) is 37.5 Å². The molecule has 0 aromatic heterocycles. The summed E-state index contributed by atoms with van der Waals surface area (Å²) in [6.45, 7) is 1.39. The number of ketones is 2. The van der Waals surface area contributed by atoms with Gasteiger partial charge in [0.1, 0.15) is 17.4 Å². The highest BCUT2D eigenvalue weighted by molar-refractivity contribution is 6.25. The van der Waals surface area contributed by atoms with Crippen LogP contribution in [0.15, 0.2) is 42.0 Å². The maximum atomic E-state index is 13.9. The molecule has 210 valence electrons. The van der Waals surface area contributed by atoms with Crippen LogP contribution in [0.3, 0.4) is 0 Å². The van der Waals surface area contributed by atoms with Gasteiger partial charge in [-0.25, -0.2) is 0 Å². The van der Waals surface area contributed by atoms with E-state index in [1.165, 1.54) is 13.0 Å². The topological polar surface area (TPSA) is 190 Å². The zero-order chi connectivity index (χ0) is 29.3. The van der Waals surface area contributed by atoms with Gasteiger partial charge in [-0.15, -0.1) is 0 Å². The molecule has 2 unspecified atom stereocenters. The standard InChI is InChI=1S/C29H31N3O8/c1-12(33)31-15-6-4-5-13(9-15)16-7-8-19(34)21-17(16)10-14-11-18-23(32(2)3)25(36)22(28(30)39)27(38)29(18,40)26(37)20(14)24(21)35/h4-9,14,18,22-23,25,34-36,40H,10-11H2,1-3H3,(H2,30,39)(H,31,33)/t14-,18-,22?,23-,25?,29-/m1/s1. The summed E-state index contributed by atoms with van der Waals surface area (Å²) in [6, 6.07) is 9.11. The van der Waals surface area contributed by atoms with Crippen molar-refractivity contribution < 1.29 is 39.6 Å². The summed E-state index contributed by atoms with van der Waals surface area (Å²) < 4.78 is 0. The van der Waals surface area contributed by atoms with Gasteiger partial charge in [0, 0.05) is 30.1 Å². The van der Waals surface area contributed by atoms with Gasteiger partial charge in [0.05, 0.1) is 11.7 Å². The molecule has 3 aliphatic rings. The fourth-order valence-corrected chi connectivity index (χ4v) is 6.84. The van der Waals surface area contributed by atoms with Gasteiger partial charge in [0.25, 0.3) is 0 Å². The Hall–Kier alpha value is -4.06. The number of nitrogens with zero attached hydrogens (tertiary/aromatic N) is 1. The molecule has 0 radical (unpaired) electrons. The summed E-state index contributed by atoms with van der Waals surface area (Å²) in [6.07, 6.45) is -1.35. The number of carbonyl (C=O) groups is 4. The highest BCUT2D eigenvalue weighted by Gasteiger charge is 2.67. The number of phenols is 1. The summed E-state index contributed by atoms with van der Waals surface area (Å²) in [4.78, 5) is 52.6. The first-order valence-corrected chi connectivity index (χ1v) is 12.9. The zero-order valence-electron chi connectivity index (χ0n) is 22.2. The van der Waals surface area contributed by atoms with Crippen LogP contribution in [0.1, 0.15) is 24.5 Å². The fourth-order valence-electron chi connectivity index (χ4n) is 6.84. The normalized spacial score (nSPS) is 29.5. The predicted octanol–water partition coefficient (Wildman–Crippen LogP) is 0.754. The summed E-state index contributed by atoms with van der Waals surface area (Å²) >= 11 is 0. The lowest BCUT2D eigenvalue weighted by atomic mass is 9.54. The van der Waals surface area contributed by atoms with Crippen LogP contribution >= 0.6 is 0 Å². The molecular weight excluding hydrogens is 518 g/mol. The van der Waals surface area contributed by atoms with E-state index in [9.17, 15) is 39.6 Å². The average Bonchev–Trinajstić information content (AvgIpc) is 2.85. The van der Waals surface area contributed by atoms with Crippen molar-refractivity contribution in [2.75, 3.05) is 19.4 Å². The molecule has 11 heteroatoms. The maximum absolute atomic E-state index is 13.9. The Balaban J connectivity index is 1.68. The van der Waals surface area contributed by atoms with Crippen molar-refractivity contribution >= 4 is 34.8 Å². The van der Waals surface area contributed by atoms with Crippen LogP contribution in [-0.4, -0.2) is 80.5 Å². The number of aromatic hydroxyl groups is 1. The predicted molar refractivity (Wildman–Crippen MR) is 144 cm³/mol. The Morgan fingerprint density at radius 3 is 2.45 bits per heavy atom. The molecule has 2 aromatic carbocycles. The van der Waals surface area contributed by atoms with Gasteiger partial charge in [0.15, 0.2) is 11.4 Å². The number of nitrogens with one attached hydrogen (secondary N) is 1. The van der Waals surface area contributed by atoms with Gasteiger partial charge in [-0.2, -0.15) is 0 Å². The number of fused-ring (bicyclic) bond motifs is 3. The summed E-state index contributed by atoms with van der Waals surface area (Å²) in [5, 5.41) is 47.6. The van der Waals surface area contributed by atoms with Crippen LogP contribution < -0.4 is 11.1 Å². The van der Waals surface area contributed by atoms with E-state index in [1.807, 2.05) is 0 Å². The van der Waals surface area contributed by atoms with Crippen molar-refractivity contribution in [3.63, 3.8) is 0 Å². The zero-order valence-corrected chi connectivity index (χ0v) is 22.2. The van der Waals surface area contributed by atoms with Crippen LogP contribution in [-0.2, 0) is 25.6 Å². The number of aliphatic hydroxyl groups excluding tert-OH is 2. The highest BCUT2D eigenvalue weighted by Crippen LogP contribution is 2.53.